The van der Waals surface area contributed by atoms with E-state index in [1.165, 1.54) is 89.9 Å². The SMILES string of the molecule is CCCCCCC(CCCC)C(P)(CCCC)CCCC.CS(=O)(=O)O. The summed E-state index contributed by atoms with van der Waals surface area (Å²) >= 11 is 0. The fourth-order valence-electron chi connectivity index (χ4n) is 3.53. The maximum atomic E-state index is 9.19. The first-order valence-electron chi connectivity index (χ1n) is 10.9. The maximum absolute atomic E-state index is 9.19. The lowest BCUT2D eigenvalue weighted by atomic mass is 9.77. The van der Waals surface area contributed by atoms with Gasteiger partial charge in [0.05, 0.1) is 6.26 Å². The van der Waals surface area contributed by atoms with Gasteiger partial charge in [-0.25, -0.2) is 0 Å². The minimum absolute atomic E-state index is 0.535. The third-order valence-electron chi connectivity index (χ3n) is 5.12. The highest BCUT2D eigenvalue weighted by atomic mass is 32.2. The predicted octanol–water partition coefficient (Wildman–Crippen LogP) is 7.26. The second-order valence-electron chi connectivity index (χ2n) is 7.86. The molecule has 0 amide bonds. The second-order valence-corrected chi connectivity index (χ2v) is 10.5. The van der Waals surface area contributed by atoms with Gasteiger partial charge in [0, 0.05) is 0 Å². The van der Waals surface area contributed by atoms with Crippen LogP contribution < -0.4 is 0 Å². The van der Waals surface area contributed by atoms with Crippen molar-refractivity contribution in [3.63, 3.8) is 0 Å². The van der Waals surface area contributed by atoms with E-state index >= 15 is 0 Å². The molecule has 0 fully saturated rings. The fraction of sp³-hybridized carbons (Fsp3) is 1.00. The predicted molar refractivity (Wildman–Crippen MR) is 121 cm³/mol. The van der Waals surface area contributed by atoms with Crippen LogP contribution in [0.1, 0.15) is 118 Å². The van der Waals surface area contributed by atoms with Crippen molar-refractivity contribution in [1.82, 2.24) is 0 Å². The number of rotatable bonds is 15. The number of unbranched alkanes of at least 4 members (excludes halogenated alkanes) is 6. The molecule has 2 atom stereocenters. The molecule has 1 N–H and O–H groups in total. The summed E-state index contributed by atoms with van der Waals surface area (Å²) in [5.74, 6) is 0.942. The van der Waals surface area contributed by atoms with E-state index < -0.39 is 10.1 Å². The zero-order valence-corrected chi connectivity index (χ0v) is 20.2. The lowest BCUT2D eigenvalue weighted by Gasteiger charge is -2.39. The summed E-state index contributed by atoms with van der Waals surface area (Å²) < 4.78 is 25.9. The maximum Gasteiger partial charge on any atom is 0.261 e. The largest absolute Gasteiger partial charge is 0.286 e. The van der Waals surface area contributed by atoms with Crippen molar-refractivity contribution >= 4 is 19.4 Å². The Morgan fingerprint density at radius 3 is 1.54 bits per heavy atom. The molecule has 0 radical (unpaired) electrons. The molecule has 0 aliphatic heterocycles. The summed E-state index contributed by atoms with van der Waals surface area (Å²) in [6.07, 6.45) is 20.5. The highest BCUT2D eigenvalue weighted by Gasteiger charge is 2.32. The van der Waals surface area contributed by atoms with Gasteiger partial charge in [0.2, 0.25) is 0 Å². The summed E-state index contributed by atoms with van der Waals surface area (Å²) in [5, 5.41) is 0.535. The molecule has 0 aromatic carbocycles. The highest BCUT2D eigenvalue weighted by Crippen LogP contribution is 2.43. The van der Waals surface area contributed by atoms with Gasteiger partial charge < -0.3 is 0 Å². The fourth-order valence-corrected chi connectivity index (χ4v) is 4.27. The Labute approximate surface area is 167 Å². The summed E-state index contributed by atoms with van der Waals surface area (Å²) in [6.45, 7) is 9.34. The molecule has 0 aliphatic rings. The molecule has 0 aromatic heterocycles. The molecule has 0 aliphatic carbocycles. The van der Waals surface area contributed by atoms with Crippen molar-refractivity contribution < 1.29 is 13.0 Å². The molecule has 0 heterocycles. The zero-order chi connectivity index (χ0) is 20.5. The molecule has 3 nitrogen and oxygen atoms in total. The van der Waals surface area contributed by atoms with Crippen molar-refractivity contribution in [3.8, 4) is 0 Å². The van der Waals surface area contributed by atoms with E-state index in [1.54, 1.807) is 0 Å². The molecular weight excluding hydrogens is 363 g/mol. The molecule has 0 bridgehead atoms. The van der Waals surface area contributed by atoms with E-state index in [1.807, 2.05) is 0 Å². The molecule has 0 saturated heterocycles. The van der Waals surface area contributed by atoms with Crippen molar-refractivity contribution in [3.05, 3.63) is 0 Å². The van der Waals surface area contributed by atoms with Crippen molar-refractivity contribution in [2.75, 3.05) is 6.26 Å². The molecule has 5 heteroatoms. The highest BCUT2D eigenvalue weighted by molar-refractivity contribution is 7.85. The van der Waals surface area contributed by atoms with E-state index in [-0.39, 0.29) is 0 Å². The molecule has 0 saturated carbocycles. The minimum atomic E-state index is -3.67. The Bertz CT molecular complexity index is 380. The van der Waals surface area contributed by atoms with Crippen molar-refractivity contribution in [2.24, 2.45) is 5.92 Å². The minimum Gasteiger partial charge on any atom is -0.286 e. The van der Waals surface area contributed by atoms with Crippen LogP contribution in [-0.4, -0.2) is 24.4 Å². The standard InChI is InChI=1S/C20H43P.CH4O3S/c1-5-9-13-14-16-19(15-10-6-2)20(21,17-11-7-3)18-12-8-4;1-5(2,3)4/h19H,5-18,21H2,1-4H3;1H3,(H,2,3,4). The Balaban J connectivity index is 0. The van der Waals surface area contributed by atoms with E-state index in [4.69, 9.17) is 4.55 Å². The number of hydrogen-bond donors (Lipinski definition) is 1. The van der Waals surface area contributed by atoms with Crippen LogP contribution in [0, 0.1) is 5.92 Å². The van der Waals surface area contributed by atoms with Gasteiger partial charge in [-0.3, -0.25) is 4.55 Å². The van der Waals surface area contributed by atoms with Crippen molar-refractivity contribution in [1.29, 1.82) is 0 Å². The topological polar surface area (TPSA) is 54.4 Å². The second kappa shape index (κ2) is 17.4. The van der Waals surface area contributed by atoms with Gasteiger partial charge in [0.25, 0.3) is 10.1 Å². The molecule has 0 spiro atoms. The van der Waals surface area contributed by atoms with Crippen LogP contribution in [-0.2, 0) is 10.1 Å². The van der Waals surface area contributed by atoms with Crippen LogP contribution in [0.5, 0.6) is 0 Å². The van der Waals surface area contributed by atoms with Gasteiger partial charge in [-0.15, -0.1) is 9.24 Å². The van der Waals surface area contributed by atoms with Crippen LogP contribution in [0.15, 0.2) is 0 Å². The van der Waals surface area contributed by atoms with E-state index in [2.05, 4.69) is 36.9 Å². The van der Waals surface area contributed by atoms with Gasteiger partial charge in [-0.1, -0.05) is 91.9 Å². The monoisotopic (exact) mass is 410 g/mol. The summed E-state index contributed by atoms with van der Waals surface area (Å²) in [5.41, 5.74) is 0. The first-order valence-corrected chi connectivity index (χ1v) is 13.3. The van der Waals surface area contributed by atoms with Crippen LogP contribution in [0.2, 0.25) is 0 Å². The van der Waals surface area contributed by atoms with Gasteiger partial charge in [0.1, 0.15) is 0 Å². The van der Waals surface area contributed by atoms with Gasteiger partial charge >= 0.3 is 0 Å². The van der Waals surface area contributed by atoms with E-state index in [0.29, 0.717) is 11.4 Å². The first-order chi connectivity index (χ1) is 12.1. The van der Waals surface area contributed by atoms with Gasteiger partial charge in [-0.05, 0) is 36.8 Å². The smallest absolute Gasteiger partial charge is 0.261 e. The third kappa shape index (κ3) is 19.1. The summed E-state index contributed by atoms with van der Waals surface area (Å²) in [7, 11) is -0.319. The lowest BCUT2D eigenvalue weighted by Crippen LogP contribution is -2.32. The van der Waals surface area contributed by atoms with E-state index in [0.717, 1.165) is 5.92 Å². The van der Waals surface area contributed by atoms with Crippen molar-refractivity contribution in [2.45, 2.75) is 123 Å². The molecular formula is C21H47O3PS. The van der Waals surface area contributed by atoms with Crippen LogP contribution >= 0.6 is 9.24 Å². The van der Waals surface area contributed by atoms with Gasteiger partial charge in [-0.2, -0.15) is 8.42 Å². The zero-order valence-electron chi connectivity index (χ0n) is 18.2. The first kappa shape index (κ1) is 28.5. The third-order valence-corrected chi connectivity index (χ3v) is 6.17. The normalized spacial score (nSPS) is 13.2. The molecule has 2 unspecified atom stereocenters. The molecule has 160 valence electrons. The van der Waals surface area contributed by atoms with Crippen LogP contribution in [0.3, 0.4) is 0 Å². The quantitative estimate of drug-likeness (QED) is 0.175. The van der Waals surface area contributed by atoms with Crippen LogP contribution in [0.25, 0.3) is 0 Å². The van der Waals surface area contributed by atoms with Crippen LogP contribution in [0.4, 0.5) is 0 Å². The Morgan fingerprint density at radius 2 is 1.15 bits per heavy atom. The Hall–Kier alpha value is 0.340. The summed E-state index contributed by atoms with van der Waals surface area (Å²) in [4.78, 5) is 0. The Kier molecular flexibility index (Phi) is 19.1. The molecule has 0 aromatic rings. The molecule has 0 rings (SSSR count). The average molecular weight is 411 g/mol. The Morgan fingerprint density at radius 1 is 0.769 bits per heavy atom. The molecule has 26 heavy (non-hydrogen) atoms. The number of hydrogen-bond acceptors (Lipinski definition) is 2. The summed E-state index contributed by atoms with van der Waals surface area (Å²) in [6, 6.07) is 0. The lowest BCUT2D eigenvalue weighted by molar-refractivity contribution is 0.275. The average Bonchev–Trinajstić information content (AvgIpc) is 2.56. The van der Waals surface area contributed by atoms with Gasteiger partial charge in [0.15, 0.2) is 0 Å². The van der Waals surface area contributed by atoms with E-state index in [9.17, 15) is 8.42 Å².